The topological polar surface area (TPSA) is 61.3 Å². The number of methoxy groups -OCH3 is 1. The first kappa shape index (κ1) is 14.3. The normalized spacial score (nSPS) is 10.8. The van der Waals surface area contributed by atoms with E-state index in [-0.39, 0.29) is 5.88 Å². The molecule has 2 aromatic heterocycles. The van der Waals surface area contributed by atoms with Crippen LogP contribution < -0.4 is 10.5 Å². The first-order chi connectivity index (χ1) is 10.1. The third kappa shape index (κ3) is 2.60. The Balaban J connectivity index is 2.19. The molecule has 2 heterocycles. The summed E-state index contributed by atoms with van der Waals surface area (Å²) in [5, 5.41) is 4.01. The second-order valence-electron chi connectivity index (χ2n) is 4.24. The SMILES string of the molecule is COc1cccc(-c2c(-c3cc(Cl)sc3Cl)noc2N)c1. The Labute approximate surface area is 135 Å². The summed E-state index contributed by atoms with van der Waals surface area (Å²) < 4.78 is 11.5. The number of rotatable bonds is 3. The largest absolute Gasteiger partial charge is 0.497 e. The van der Waals surface area contributed by atoms with Gasteiger partial charge in [0.1, 0.15) is 15.8 Å². The highest BCUT2D eigenvalue weighted by molar-refractivity contribution is 7.20. The number of aromatic nitrogens is 1. The fourth-order valence-electron chi connectivity index (χ4n) is 2.05. The minimum absolute atomic E-state index is 0.219. The van der Waals surface area contributed by atoms with Crippen molar-refractivity contribution in [3.8, 4) is 28.1 Å². The van der Waals surface area contributed by atoms with Crippen LogP contribution in [0.3, 0.4) is 0 Å². The van der Waals surface area contributed by atoms with Gasteiger partial charge in [-0.05, 0) is 23.8 Å². The van der Waals surface area contributed by atoms with Gasteiger partial charge < -0.3 is 15.0 Å². The third-order valence-electron chi connectivity index (χ3n) is 2.99. The highest BCUT2D eigenvalue weighted by atomic mass is 35.5. The Bertz CT molecular complexity index is 798. The summed E-state index contributed by atoms with van der Waals surface area (Å²) in [6.45, 7) is 0. The van der Waals surface area contributed by atoms with E-state index in [1.54, 1.807) is 13.2 Å². The molecule has 2 N–H and O–H groups in total. The summed E-state index contributed by atoms with van der Waals surface area (Å²) in [7, 11) is 1.60. The van der Waals surface area contributed by atoms with Gasteiger partial charge in [-0.1, -0.05) is 40.5 Å². The van der Waals surface area contributed by atoms with E-state index in [1.165, 1.54) is 11.3 Å². The molecule has 0 aliphatic rings. The van der Waals surface area contributed by atoms with Gasteiger partial charge >= 0.3 is 0 Å². The van der Waals surface area contributed by atoms with Crippen LogP contribution >= 0.6 is 34.5 Å². The van der Waals surface area contributed by atoms with Crippen LogP contribution in [0.5, 0.6) is 5.75 Å². The highest BCUT2D eigenvalue weighted by Crippen LogP contribution is 2.43. The zero-order chi connectivity index (χ0) is 15.0. The van der Waals surface area contributed by atoms with Crippen molar-refractivity contribution >= 4 is 40.4 Å². The molecular formula is C14H10Cl2N2O2S. The molecule has 3 aromatic rings. The number of benzene rings is 1. The van der Waals surface area contributed by atoms with Gasteiger partial charge in [-0.3, -0.25) is 0 Å². The molecule has 0 unspecified atom stereocenters. The zero-order valence-corrected chi connectivity index (χ0v) is 13.2. The van der Waals surface area contributed by atoms with Gasteiger partial charge in [0.05, 0.1) is 17.0 Å². The monoisotopic (exact) mass is 340 g/mol. The number of anilines is 1. The Hall–Kier alpha value is -1.69. The summed E-state index contributed by atoms with van der Waals surface area (Å²) in [6, 6.07) is 9.22. The molecule has 1 aromatic carbocycles. The molecule has 0 saturated heterocycles. The lowest BCUT2D eigenvalue weighted by Gasteiger charge is -2.04. The minimum atomic E-state index is 0.219. The maximum Gasteiger partial charge on any atom is 0.230 e. The number of thiophene rings is 1. The molecule has 7 heteroatoms. The maximum atomic E-state index is 6.19. The number of hydrogen-bond donors (Lipinski definition) is 1. The Kier molecular flexibility index (Phi) is 3.80. The third-order valence-corrected chi connectivity index (χ3v) is 4.48. The quantitative estimate of drug-likeness (QED) is 0.731. The number of nitrogen functional groups attached to an aromatic ring is 1. The summed E-state index contributed by atoms with van der Waals surface area (Å²) in [5.41, 5.74) is 8.69. The standard InChI is InChI=1S/C14H10Cl2N2O2S/c1-19-8-4-2-3-7(5-8)11-12(18-20-14(11)17)9-6-10(15)21-13(9)16/h2-6H,17H2,1H3. The van der Waals surface area contributed by atoms with Crippen molar-refractivity contribution in [1.82, 2.24) is 5.16 Å². The van der Waals surface area contributed by atoms with Crippen LogP contribution in [0.4, 0.5) is 5.88 Å². The van der Waals surface area contributed by atoms with E-state index in [0.29, 0.717) is 31.2 Å². The van der Waals surface area contributed by atoms with E-state index >= 15 is 0 Å². The molecule has 0 aliphatic heterocycles. The van der Waals surface area contributed by atoms with Crippen LogP contribution in [0.25, 0.3) is 22.4 Å². The molecule has 0 aliphatic carbocycles. The van der Waals surface area contributed by atoms with Gasteiger partial charge in [0.2, 0.25) is 5.88 Å². The lowest BCUT2D eigenvalue weighted by molar-refractivity contribution is 0.415. The number of nitrogens with two attached hydrogens (primary N) is 1. The van der Waals surface area contributed by atoms with Gasteiger partial charge in [0.25, 0.3) is 0 Å². The van der Waals surface area contributed by atoms with Crippen molar-refractivity contribution < 1.29 is 9.26 Å². The van der Waals surface area contributed by atoms with Crippen molar-refractivity contribution in [3.05, 3.63) is 39.0 Å². The van der Waals surface area contributed by atoms with Crippen LogP contribution in [0.2, 0.25) is 8.67 Å². The second-order valence-corrected chi connectivity index (χ2v) is 6.53. The number of halogens is 2. The molecule has 0 atom stereocenters. The van der Waals surface area contributed by atoms with E-state index in [0.717, 1.165) is 5.56 Å². The van der Waals surface area contributed by atoms with Crippen LogP contribution in [0.1, 0.15) is 0 Å². The Morgan fingerprint density at radius 3 is 2.76 bits per heavy atom. The highest BCUT2D eigenvalue weighted by Gasteiger charge is 2.21. The average Bonchev–Trinajstić information content (AvgIpc) is 3.01. The molecule has 0 radical (unpaired) electrons. The minimum Gasteiger partial charge on any atom is -0.497 e. The first-order valence-corrected chi connectivity index (χ1v) is 7.52. The predicted molar refractivity (Wildman–Crippen MR) is 86.2 cm³/mol. The number of hydrogen-bond acceptors (Lipinski definition) is 5. The van der Waals surface area contributed by atoms with Crippen molar-refractivity contribution in [2.75, 3.05) is 12.8 Å². The van der Waals surface area contributed by atoms with Gasteiger partial charge in [-0.25, -0.2) is 0 Å². The molecular weight excluding hydrogens is 331 g/mol. The molecule has 21 heavy (non-hydrogen) atoms. The van der Waals surface area contributed by atoms with Crippen LogP contribution in [-0.4, -0.2) is 12.3 Å². The Morgan fingerprint density at radius 1 is 1.29 bits per heavy atom. The van der Waals surface area contributed by atoms with E-state index < -0.39 is 0 Å². The molecule has 0 amide bonds. The van der Waals surface area contributed by atoms with Gasteiger partial charge in [0.15, 0.2) is 0 Å². The lowest BCUT2D eigenvalue weighted by atomic mass is 10.0. The summed E-state index contributed by atoms with van der Waals surface area (Å²) in [4.78, 5) is 0. The maximum absolute atomic E-state index is 6.19. The van der Waals surface area contributed by atoms with Crippen LogP contribution in [0, 0.1) is 0 Å². The first-order valence-electron chi connectivity index (χ1n) is 5.95. The molecule has 4 nitrogen and oxygen atoms in total. The molecule has 0 saturated carbocycles. The average molecular weight is 341 g/mol. The molecule has 3 rings (SSSR count). The van der Waals surface area contributed by atoms with E-state index in [2.05, 4.69) is 5.16 Å². The fraction of sp³-hybridized carbons (Fsp3) is 0.0714. The summed E-state index contributed by atoms with van der Waals surface area (Å²) in [5.74, 6) is 0.935. The second kappa shape index (κ2) is 5.60. The Morgan fingerprint density at radius 2 is 2.10 bits per heavy atom. The molecule has 108 valence electrons. The van der Waals surface area contributed by atoms with E-state index in [9.17, 15) is 0 Å². The van der Waals surface area contributed by atoms with Gasteiger partial charge in [-0.2, -0.15) is 0 Å². The van der Waals surface area contributed by atoms with E-state index in [4.69, 9.17) is 38.2 Å². The fourth-order valence-corrected chi connectivity index (χ4v) is 3.51. The number of nitrogens with zero attached hydrogens (tertiary/aromatic N) is 1. The smallest absolute Gasteiger partial charge is 0.230 e. The van der Waals surface area contributed by atoms with Crippen molar-refractivity contribution in [1.29, 1.82) is 0 Å². The van der Waals surface area contributed by atoms with E-state index in [1.807, 2.05) is 24.3 Å². The van der Waals surface area contributed by atoms with Crippen molar-refractivity contribution in [3.63, 3.8) is 0 Å². The summed E-state index contributed by atoms with van der Waals surface area (Å²) in [6.07, 6.45) is 0. The van der Waals surface area contributed by atoms with Gasteiger partial charge in [-0.15, -0.1) is 11.3 Å². The van der Waals surface area contributed by atoms with Crippen molar-refractivity contribution in [2.24, 2.45) is 0 Å². The molecule has 0 spiro atoms. The summed E-state index contributed by atoms with van der Waals surface area (Å²) >= 11 is 13.5. The zero-order valence-electron chi connectivity index (χ0n) is 10.9. The molecule has 0 bridgehead atoms. The number of ether oxygens (including phenoxy) is 1. The van der Waals surface area contributed by atoms with Crippen LogP contribution in [0.15, 0.2) is 34.9 Å². The van der Waals surface area contributed by atoms with Gasteiger partial charge in [0, 0.05) is 5.56 Å². The predicted octanol–water partition coefficient (Wildman–Crippen LogP) is 4.97. The lowest BCUT2D eigenvalue weighted by Crippen LogP contribution is -1.89. The van der Waals surface area contributed by atoms with Crippen LogP contribution in [-0.2, 0) is 0 Å². The molecule has 0 fully saturated rings. The van der Waals surface area contributed by atoms with Crippen molar-refractivity contribution in [2.45, 2.75) is 0 Å².